The van der Waals surface area contributed by atoms with Crippen molar-refractivity contribution >= 4 is 39.1 Å². The monoisotopic (exact) mass is 460 g/mol. The number of nitrogens with zero attached hydrogens (tertiary/aromatic N) is 1. The molecule has 0 bridgehead atoms. The fraction of sp³-hybridized carbons (Fsp3) is 0.269. The van der Waals surface area contributed by atoms with Gasteiger partial charge in [-0.25, -0.2) is 9.78 Å². The molecule has 1 unspecified atom stereocenters. The lowest BCUT2D eigenvalue weighted by Gasteiger charge is -2.18. The van der Waals surface area contributed by atoms with Crippen molar-refractivity contribution in [2.75, 3.05) is 12.4 Å². The number of ether oxygens (including phenoxy) is 1. The largest absolute Gasteiger partial charge is 0.465 e. The molecule has 1 aliphatic rings. The SMILES string of the molecule is COC(=O)c1c(NC(=O)c2cc(-c3ccc(C)o3)nc3ccccc23)sc2c1CCC(C)C2. The van der Waals surface area contributed by atoms with Gasteiger partial charge < -0.3 is 14.5 Å². The first-order valence-corrected chi connectivity index (χ1v) is 11.8. The molecular weight excluding hydrogens is 436 g/mol. The Kier molecular flexibility index (Phi) is 5.50. The summed E-state index contributed by atoms with van der Waals surface area (Å²) in [6.07, 6.45) is 2.73. The van der Waals surface area contributed by atoms with Gasteiger partial charge in [0, 0.05) is 10.3 Å². The van der Waals surface area contributed by atoms with E-state index in [4.69, 9.17) is 9.15 Å². The summed E-state index contributed by atoms with van der Waals surface area (Å²) in [6.45, 7) is 4.08. The van der Waals surface area contributed by atoms with Crippen LogP contribution in [0.1, 0.15) is 50.3 Å². The zero-order valence-electron chi connectivity index (χ0n) is 18.7. The molecule has 5 rings (SSSR count). The average Bonchev–Trinajstić information content (AvgIpc) is 3.40. The van der Waals surface area contributed by atoms with Crippen LogP contribution in [0.4, 0.5) is 5.00 Å². The number of aryl methyl sites for hydroxylation is 1. The fourth-order valence-electron chi connectivity index (χ4n) is 4.39. The van der Waals surface area contributed by atoms with E-state index < -0.39 is 5.97 Å². The molecule has 7 heteroatoms. The van der Waals surface area contributed by atoms with Crippen LogP contribution < -0.4 is 5.32 Å². The summed E-state index contributed by atoms with van der Waals surface area (Å²) in [6, 6.07) is 13.0. The van der Waals surface area contributed by atoms with E-state index in [9.17, 15) is 9.59 Å². The van der Waals surface area contributed by atoms with Crippen molar-refractivity contribution in [1.82, 2.24) is 4.98 Å². The van der Waals surface area contributed by atoms with Gasteiger partial charge in [0.1, 0.15) is 16.5 Å². The van der Waals surface area contributed by atoms with E-state index in [2.05, 4.69) is 17.2 Å². The summed E-state index contributed by atoms with van der Waals surface area (Å²) in [5.74, 6) is 1.21. The van der Waals surface area contributed by atoms with Gasteiger partial charge in [-0.15, -0.1) is 11.3 Å². The minimum atomic E-state index is -0.413. The highest BCUT2D eigenvalue weighted by atomic mass is 32.1. The number of furan rings is 1. The standard InChI is InChI=1S/C26H24N2O4S/c1-14-8-10-17-22(12-14)33-25(23(17)26(30)31-3)28-24(29)18-13-20(21-11-9-15(2)32-21)27-19-7-5-4-6-16(18)19/h4-7,9,11,13-14H,8,10,12H2,1-3H3,(H,28,29). The number of hydrogen-bond acceptors (Lipinski definition) is 6. The molecule has 3 heterocycles. The topological polar surface area (TPSA) is 81.4 Å². The Hall–Kier alpha value is -3.45. The number of amides is 1. The summed E-state index contributed by atoms with van der Waals surface area (Å²) in [7, 11) is 1.37. The highest BCUT2D eigenvalue weighted by molar-refractivity contribution is 7.17. The second-order valence-corrected chi connectivity index (χ2v) is 9.59. The van der Waals surface area contributed by atoms with Gasteiger partial charge in [-0.05, 0) is 61.9 Å². The maximum Gasteiger partial charge on any atom is 0.341 e. The summed E-state index contributed by atoms with van der Waals surface area (Å²) in [5, 5.41) is 4.29. The lowest BCUT2D eigenvalue weighted by atomic mass is 9.88. The van der Waals surface area contributed by atoms with Gasteiger partial charge in [0.2, 0.25) is 0 Å². The number of benzene rings is 1. The van der Waals surface area contributed by atoms with Crippen molar-refractivity contribution in [2.45, 2.75) is 33.1 Å². The molecule has 0 fully saturated rings. The van der Waals surface area contributed by atoms with Gasteiger partial charge in [-0.1, -0.05) is 25.1 Å². The lowest BCUT2D eigenvalue weighted by molar-refractivity contribution is 0.0601. The molecule has 1 amide bonds. The third kappa shape index (κ3) is 3.93. The first-order valence-electron chi connectivity index (χ1n) is 11.0. The van der Waals surface area contributed by atoms with E-state index in [-0.39, 0.29) is 5.91 Å². The maximum atomic E-state index is 13.5. The van der Waals surface area contributed by atoms with Crippen molar-refractivity contribution in [2.24, 2.45) is 5.92 Å². The lowest BCUT2D eigenvalue weighted by Crippen LogP contribution is -2.16. The van der Waals surface area contributed by atoms with Crippen molar-refractivity contribution in [3.05, 3.63) is 69.8 Å². The Labute approximate surface area is 195 Å². The Morgan fingerprint density at radius 3 is 2.79 bits per heavy atom. The zero-order chi connectivity index (χ0) is 23.1. The summed E-state index contributed by atoms with van der Waals surface area (Å²) in [5.41, 5.74) is 3.24. The number of thiophene rings is 1. The molecule has 0 saturated heterocycles. The van der Waals surface area contributed by atoms with Crippen molar-refractivity contribution in [3.63, 3.8) is 0 Å². The molecule has 3 aromatic heterocycles. The number of carbonyl (C=O) groups is 2. The molecule has 0 spiro atoms. The molecule has 1 atom stereocenters. The van der Waals surface area contributed by atoms with E-state index in [1.807, 2.05) is 43.3 Å². The van der Waals surface area contributed by atoms with Gasteiger partial charge in [-0.2, -0.15) is 0 Å². The molecule has 33 heavy (non-hydrogen) atoms. The summed E-state index contributed by atoms with van der Waals surface area (Å²) >= 11 is 1.47. The van der Waals surface area contributed by atoms with Crippen LogP contribution in [0.3, 0.4) is 0 Å². The normalized spacial score (nSPS) is 15.3. The average molecular weight is 461 g/mol. The minimum absolute atomic E-state index is 0.296. The number of methoxy groups -OCH3 is 1. The number of anilines is 1. The van der Waals surface area contributed by atoms with Crippen molar-refractivity contribution in [3.8, 4) is 11.5 Å². The number of rotatable bonds is 4. The molecular formula is C26H24N2O4S. The van der Waals surface area contributed by atoms with E-state index in [0.717, 1.165) is 40.8 Å². The number of hydrogen-bond donors (Lipinski definition) is 1. The maximum absolute atomic E-state index is 13.5. The Morgan fingerprint density at radius 1 is 1.21 bits per heavy atom. The zero-order valence-corrected chi connectivity index (χ0v) is 19.5. The fourth-order valence-corrected chi connectivity index (χ4v) is 5.78. The number of para-hydroxylation sites is 1. The number of fused-ring (bicyclic) bond motifs is 2. The quantitative estimate of drug-likeness (QED) is 0.376. The van der Waals surface area contributed by atoms with Gasteiger partial charge in [0.25, 0.3) is 5.91 Å². The molecule has 6 nitrogen and oxygen atoms in total. The highest BCUT2D eigenvalue weighted by Crippen LogP contribution is 2.40. The predicted molar refractivity (Wildman–Crippen MR) is 129 cm³/mol. The molecule has 168 valence electrons. The van der Waals surface area contributed by atoms with Crippen molar-refractivity contribution < 1.29 is 18.7 Å². The van der Waals surface area contributed by atoms with Crippen LogP contribution in [-0.4, -0.2) is 24.0 Å². The number of pyridine rings is 1. The third-order valence-corrected chi connectivity index (χ3v) is 7.25. The number of nitrogens with one attached hydrogen (secondary N) is 1. The predicted octanol–water partition coefficient (Wildman–Crippen LogP) is 6.03. The number of aromatic nitrogens is 1. The molecule has 0 saturated carbocycles. The number of esters is 1. The first-order chi connectivity index (χ1) is 15.9. The third-order valence-electron chi connectivity index (χ3n) is 6.08. The van der Waals surface area contributed by atoms with Crippen LogP contribution in [0.15, 0.2) is 46.9 Å². The Bertz CT molecular complexity index is 1380. The molecule has 4 aromatic rings. The van der Waals surface area contributed by atoms with E-state index in [0.29, 0.717) is 39.0 Å². The molecule has 1 N–H and O–H groups in total. The summed E-state index contributed by atoms with van der Waals surface area (Å²) < 4.78 is 10.8. The Morgan fingerprint density at radius 2 is 2.03 bits per heavy atom. The van der Waals surface area contributed by atoms with E-state index in [1.165, 1.54) is 18.4 Å². The summed E-state index contributed by atoms with van der Waals surface area (Å²) in [4.78, 5) is 32.0. The smallest absolute Gasteiger partial charge is 0.341 e. The molecule has 0 radical (unpaired) electrons. The van der Waals surface area contributed by atoms with Crippen LogP contribution in [0, 0.1) is 12.8 Å². The molecule has 1 aliphatic carbocycles. The van der Waals surface area contributed by atoms with Gasteiger partial charge in [0.15, 0.2) is 5.76 Å². The van der Waals surface area contributed by atoms with Crippen molar-refractivity contribution in [1.29, 1.82) is 0 Å². The first kappa shape index (κ1) is 21.4. The van der Waals surface area contributed by atoms with E-state index >= 15 is 0 Å². The van der Waals surface area contributed by atoms with Gasteiger partial charge >= 0.3 is 5.97 Å². The molecule has 1 aromatic carbocycles. The van der Waals surface area contributed by atoms with Crippen LogP contribution >= 0.6 is 11.3 Å². The van der Waals surface area contributed by atoms with Gasteiger partial charge in [0.05, 0.1) is 23.8 Å². The minimum Gasteiger partial charge on any atom is -0.465 e. The Balaban J connectivity index is 1.58. The van der Waals surface area contributed by atoms with Crippen LogP contribution in [-0.2, 0) is 17.6 Å². The van der Waals surface area contributed by atoms with Crippen LogP contribution in [0.2, 0.25) is 0 Å². The second kappa shape index (κ2) is 8.48. The second-order valence-electron chi connectivity index (χ2n) is 8.48. The number of carbonyl (C=O) groups excluding carboxylic acids is 2. The van der Waals surface area contributed by atoms with E-state index in [1.54, 1.807) is 6.07 Å². The van der Waals surface area contributed by atoms with Gasteiger partial charge in [-0.3, -0.25) is 4.79 Å². The van der Waals surface area contributed by atoms with Crippen LogP contribution in [0.5, 0.6) is 0 Å². The molecule has 0 aliphatic heterocycles. The highest BCUT2D eigenvalue weighted by Gasteiger charge is 2.29. The van der Waals surface area contributed by atoms with Crippen LogP contribution in [0.25, 0.3) is 22.4 Å².